The van der Waals surface area contributed by atoms with E-state index in [1.165, 1.54) is 4.21 Å². The van der Waals surface area contributed by atoms with Crippen molar-refractivity contribution >= 4 is 23.1 Å². The molecule has 2 aromatic heterocycles. The first-order chi connectivity index (χ1) is 6.88. The maximum atomic E-state index is 5.46. The first kappa shape index (κ1) is 9.64. The van der Waals surface area contributed by atoms with Gasteiger partial charge in [0.05, 0.1) is 10.8 Å². The minimum atomic E-state index is 0.388. The maximum absolute atomic E-state index is 5.46. The molecule has 5 heteroatoms. The van der Waals surface area contributed by atoms with Gasteiger partial charge >= 0.3 is 0 Å². The zero-order valence-corrected chi connectivity index (χ0v) is 9.02. The van der Waals surface area contributed by atoms with Gasteiger partial charge in [0.2, 0.25) is 0 Å². The summed E-state index contributed by atoms with van der Waals surface area (Å²) in [6.45, 7) is 0.388. The summed E-state index contributed by atoms with van der Waals surface area (Å²) < 4.78 is 1.23. The predicted molar refractivity (Wildman–Crippen MR) is 58.4 cm³/mol. The van der Waals surface area contributed by atoms with Crippen molar-refractivity contribution in [2.45, 2.75) is 15.8 Å². The van der Waals surface area contributed by atoms with Gasteiger partial charge in [-0.3, -0.25) is 0 Å². The van der Waals surface area contributed by atoms with E-state index in [0.717, 1.165) is 5.03 Å². The van der Waals surface area contributed by atoms with Gasteiger partial charge in [0.15, 0.2) is 0 Å². The van der Waals surface area contributed by atoms with E-state index >= 15 is 0 Å². The van der Waals surface area contributed by atoms with Crippen LogP contribution in [0.25, 0.3) is 0 Å². The summed E-state index contributed by atoms with van der Waals surface area (Å²) in [5, 5.41) is 3.00. The molecule has 2 heterocycles. The molecule has 3 nitrogen and oxygen atoms in total. The highest BCUT2D eigenvalue weighted by molar-refractivity contribution is 8.01. The van der Waals surface area contributed by atoms with Crippen LogP contribution in [0.2, 0.25) is 0 Å². The molecule has 14 heavy (non-hydrogen) atoms. The van der Waals surface area contributed by atoms with Crippen LogP contribution in [-0.2, 0) is 6.54 Å². The molecule has 0 spiro atoms. The summed E-state index contributed by atoms with van der Waals surface area (Å²) in [6.07, 6.45) is 1.74. The summed E-state index contributed by atoms with van der Waals surface area (Å²) in [6, 6.07) is 5.99. The topological polar surface area (TPSA) is 51.8 Å². The molecule has 0 unspecified atom stereocenters. The van der Waals surface area contributed by atoms with Crippen molar-refractivity contribution in [3.63, 3.8) is 0 Å². The number of rotatable bonds is 3. The summed E-state index contributed by atoms with van der Waals surface area (Å²) in [5.41, 5.74) is 5.46. The average Bonchev–Trinajstić information content (AvgIpc) is 2.71. The maximum Gasteiger partial charge on any atom is 0.143 e. The zero-order chi connectivity index (χ0) is 9.80. The number of thiophene rings is 1. The molecule has 2 N–H and O–H groups in total. The second kappa shape index (κ2) is 4.54. The smallest absolute Gasteiger partial charge is 0.143 e. The highest BCUT2D eigenvalue weighted by Crippen LogP contribution is 2.29. The van der Waals surface area contributed by atoms with Crippen molar-refractivity contribution in [1.29, 1.82) is 0 Å². The zero-order valence-electron chi connectivity index (χ0n) is 7.38. The molecule has 0 saturated carbocycles. The summed E-state index contributed by atoms with van der Waals surface area (Å²) in [4.78, 5) is 8.34. The lowest BCUT2D eigenvalue weighted by molar-refractivity contribution is 0.866. The highest BCUT2D eigenvalue weighted by atomic mass is 32.2. The van der Waals surface area contributed by atoms with Crippen LogP contribution in [0.1, 0.15) is 5.82 Å². The van der Waals surface area contributed by atoms with Gasteiger partial charge in [-0.25, -0.2) is 9.97 Å². The summed E-state index contributed by atoms with van der Waals surface area (Å²) in [5.74, 6) is 0.687. The molecule has 0 atom stereocenters. The Morgan fingerprint density at radius 3 is 3.07 bits per heavy atom. The minimum Gasteiger partial charge on any atom is -0.324 e. The average molecular weight is 223 g/mol. The summed E-state index contributed by atoms with van der Waals surface area (Å²) in [7, 11) is 0. The van der Waals surface area contributed by atoms with Gasteiger partial charge in [0.1, 0.15) is 10.9 Å². The van der Waals surface area contributed by atoms with Gasteiger partial charge in [0, 0.05) is 6.20 Å². The lowest BCUT2D eigenvalue weighted by Crippen LogP contribution is -2.02. The third-order valence-electron chi connectivity index (χ3n) is 1.56. The molecule has 0 aromatic carbocycles. The molecule has 0 bridgehead atoms. The molecule has 0 saturated heterocycles. The van der Waals surface area contributed by atoms with Crippen LogP contribution in [0.15, 0.2) is 39.0 Å². The Morgan fingerprint density at radius 2 is 2.36 bits per heavy atom. The Balaban J connectivity index is 2.17. The normalized spacial score (nSPS) is 10.4. The van der Waals surface area contributed by atoms with Crippen LogP contribution >= 0.6 is 23.1 Å². The van der Waals surface area contributed by atoms with Crippen molar-refractivity contribution in [1.82, 2.24) is 9.97 Å². The number of nitrogens with two attached hydrogens (primary N) is 1. The van der Waals surface area contributed by atoms with Crippen LogP contribution in [0.4, 0.5) is 0 Å². The standard InChI is InChI=1S/C9H9N3S2/c10-6-7-11-4-3-8(12-7)14-9-2-1-5-13-9/h1-5H,6,10H2. The van der Waals surface area contributed by atoms with E-state index in [9.17, 15) is 0 Å². The van der Waals surface area contributed by atoms with Crippen molar-refractivity contribution in [3.05, 3.63) is 35.6 Å². The van der Waals surface area contributed by atoms with Crippen molar-refractivity contribution in [2.24, 2.45) is 5.73 Å². The highest BCUT2D eigenvalue weighted by Gasteiger charge is 2.00. The molecule has 0 amide bonds. The first-order valence-corrected chi connectivity index (χ1v) is 5.81. The second-order valence-electron chi connectivity index (χ2n) is 2.55. The lowest BCUT2D eigenvalue weighted by atomic mass is 10.5. The SMILES string of the molecule is NCc1nccc(Sc2cccs2)n1. The van der Waals surface area contributed by atoms with Crippen LogP contribution < -0.4 is 5.73 Å². The molecule has 2 rings (SSSR count). The van der Waals surface area contributed by atoms with Crippen molar-refractivity contribution < 1.29 is 0 Å². The molecule has 0 aliphatic rings. The van der Waals surface area contributed by atoms with Gasteiger partial charge in [-0.15, -0.1) is 11.3 Å². The van der Waals surface area contributed by atoms with Crippen molar-refractivity contribution in [3.8, 4) is 0 Å². The van der Waals surface area contributed by atoms with Gasteiger partial charge in [-0.2, -0.15) is 0 Å². The molecular weight excluding hydrogens is 214 g/mol. The van der Waals surface area contributed by atoms with Crippen molar-refractivity contribution in [2.75, 3.05) is 0 Å². The van der Waals surface area contributed by atoms with Gasteiger partial charge < -0.3 is 5.73 Å². The van der Waals surface area contributed by atoms with E-state index in [2.05, 4.69) is 16.0 Å². The molecule has 0 aliphatic carbocycles. The quantitative estimate of drug-likeness (QED) is 0.810. The van der Waals surface area contributed by atoms with Crippen LogP contribution in [-0.4, -0.2) is 9.97 Å². The largest absolute Gasteiger partial charge is 0.324 e. The van der Waals surface area contributed by atoms with Crippen LogP contribution in [0.3, 0.4) is 0 Å². The Hall–Kier alpha value is -0.910. The van der Waals surface area contributed by atoms with E-state index < -0.39 is 0 Å². The molecule has 0 radical (unpaired) electrons. The molecule has 0 aliphatic heterocycles. The van der Waals surface area contributed by atoms with Crippen LogP contribution in [0.5, 0.6) is 0 Å². The third-order valence-corrected chi connectivity index (χ3v) is 3.54. The fraction of sp³-hybridized carbons (Fsp3) is 0.111. The number of hydrogen-bond donors (Lipinski definition) is 1. The molecular formula is C9H9N3S2. The Bertz CT molecular complexity index is 400. The second-order valence-corrected chi connectivity index (χ2v) is 4.82. The first-order valence-electron chi connectivity index (χ1n) is 4.12. The summed E-state index contributed by atoms with van der Waals surface area (Å²) >= 11 is 3.34. The molecule has 72 valence electrons. The van der Waals surface area contributed by atoms with Crippen LogP contribution in [0, 0.1) is 0 Å². The molecule has 2 aromatic rings. The van der Waals surface area contributed by atoms with Gasteiger partial charge in [-0.05, 0) is 17.5 Å². The van der Waals surface area contributed by atoms with E-state index in [1.54, 1.807) is 29.3 Å². The monoisotopic (exact) mass is 223 g/mol. The fourth-order valence-electron chi connectivity index (χ4n) is 0.960. The number of hydrogen-bond acceptors (Lipinski definition) is 5. The minimum absolute atomic E-state index is 0.388. The van der Waals surface area contributed by atoms with E-state index in [-0.39, 0.29) is 0 Å². The van der Waals surface area contributed by atoms with E-state index in [0.29, 0.717) is 12.4 Å². The van der Waals surface area contributed by atoms with E-state index in [4.69, 9.17) is 5.73 Å². The predicted octanol–water partition coefficient (Wildman–Crippen LogP) is 2.15. The fourth-order valence-corrected chi connectivity index (χ4v) is 2.66. The Labute approximate surface area is 90.4 Å². The molecule has 0 fully saturated rings. The Kier molecular flexibility index (Phi) is 3.13. The van der Waals surface area contributed by atoms with E-state index in [1.807, 2.05) is 17.5 Å². The lowest BCUT2D eigenvalue weighted by Gasteiger charge is -1.99. The number of nitrogens with zero attached hydrogens (tertiary/aromatic N) is 2. The Morgan fingerprint density at radius 1 is 1.43 bits per heavy atom. The van der Waals surface area contributed by atoms with Gasteiger partial charge in [0.25, 0.3) is 0 Å². The van der Waals surface area contributed by atoms with Gasteiger partial charge in [-0.1, -0.05) is 17.8 Å². The number of aromatic nitrogens is 2. The third kappa shape index (κ3) is 2.31.